The fourth-order valence-corrected chi connectivity index (χ4v) is 3.40. The summed E-state index contributed by atoms with van der Waals surface area (Å²) >= 11 is 0. The van der Waals surface area contributed by atoms with Crippen molar-refractivity contribution in [2.45, 2.75) is 20.0 Å². The van der Waals surface area contributed by atoms with Crippen molar-refractivity contribution in [2.75, 3.05) is 11.4 Å². The van der Waals surface area contributed by atoms with Crippen LogP contribution in [0, 0.1) is 0 Å². The summed E-state index contributed by atoms with van der Waals surface area (Å²) in [6.07, 6.45) is 1.66. The van der Waals surface area contributed by atoms with Gasteiger partial charge >= 0.3 is 0 Å². The predicted molar refractivity (Wildman–Crippen MR) is 114 cm³/mol. The molecule has 2 amide bonds. The number of ether oxygens (including phenoxy) is 1. The average Bonchev–Trinajstić information content (AvgIpc) is 2.97. The highest BCUT2D eigenvalue weighted by molar-refractivity contribution is 6.26. The molecule has 3 aromatic rings. The van der Waals surface area contributed by atoms with Crippen LogP contribution >= 0.6 is 0 Å². The highest BCUT2D eigenvalue weighted by atomic mass is 16.5. The van der Waals surface area contributed by atoms with E-state index < -0.39 is 0 Å². The van der Waals surface area contributed by atoms with E-state index in [4.69, 9.17) is 4.74 Å². The standard InChI is InChI=1S/C23H21N3O3/c1-15(2)29-18-11-9-16(10-12-18)13-24-25-21(27)14-26-20-8-4-6-17-5-3-7-19(22(17)20)23(26)28/h3-13,15H,14H2,1-2H3,(H,25,27)/b24-13-. The molecule has 0 unspecified atom stereocenters. The molecule has 0 aliphatic carbocycles. The van der Waals surface area contributed by atoms with Gasteiger partial charge in [0.2, 0.25) is 0 Å². The average molecular weight is 387 g/mol. The zero-order valence-electron chi connectivity index (χ0n) is 16.3. The van der Waals surface area contributed by atoms with Crippen LogP contribution in [0.5, 0.6) is 5.75 Å². The Balaban J connectivity index is 1.40. The summed E-state index contributed by atoms with van der Waals surface area (Å²) in [6.45, 7) is 3.84. The normalized spacial score (nSPS) is 12.9. The van der Waals surface area contributed by atoms with Gasteiger partial charge in [-0.2, -0.15) is 5.10 Å². The summed E-state index contributed by atoms with van der Waals surface area (Å²) in [4.78, 5) is 26.5. The maximum Gasteiger partial charge on any atom is 0.260 e. The van der Waals surface area contributed by atoms with Gasteiger partial charge in [-0.05, 0) is 61.2 Å². The molecular formula is C23H21N3O3. The summed E-state index contributed by atoms with van der Waals surface area (Å²) in [5, 5.41) is 5.87. The third-order valence-corrected chi connectivity index (χ3v) is 4.61. The van der Waals surface area contributed by atoms with Crippen molar-refractivity contribution < 1.29 is 14.3 Å². The molecular weight excluding hydrogens is 366 g/mol. The van der Waals surface area contributed by atoms with E-state index in [1.165, 1.54) is 4.90 Å². The molecule has 146 valence electrons. The first-order valence-electron chi connectivity index (χ1n) is 9.45. The van der Waals surface area contributed by atoms with Crippen LogP contribution < -0.4 is 15.1 Å². The minimum absolute atomic E-state index is 0.0921. The topological polar surface area (TPSA) is 71.0 Å². The zero-order valence-corrected chi connectivity index (χ0v) is 16.3. The molecule has 1 heterocycles. The highest BCUT2D eigenvalue weighted by Crippen LogP contribution is 2.36. The predicted octanol–water partition coefficient (Wildman–Crippen LogP) is 3.74. The Hall–Kier alpha value is -3.67. The Kier molecular flexibility index (Phi) is 4.99. The van der Waals surface area contributed by atoms with Crippen LogP contribution in [0.2, 0.25) is 0 Å². The first-order valence-corrected chi connectivity index (χ1v) is 9.45. The highest BCUT2D eigenvalue weighted by Gasteiger charge is 2.30. The number of rotatable bonds is 6. The van der Waals surface area contributed by atoms with E-state index in [0.29, 0.717) is 5.56 Å². The van der Waals surface area contributed by atoms with E-state index >= 15 is 0 Å². The third kappa shape index (κ3) is 3.82. The number of benzene rings is 3. The first kappa shape index (κ1) is 18.7. The Morgan fingerprint density at radius 2 is 1.83 bits per heavy atom. The molecule has 0 bridgehead atoms. The van der Waals surface area contributed by atoms with Crippen molar-refractivity contribution in [1.82, 2.24) is 5.43 Å². The maximum atomic E-state index is 12.7. The summed E-state index contributed by atoms with van der Waals surface area (Å²) < 4.78 is 5.60. The molecule has 1 aliphatic rings. The molecule has 6 nitrogen and oxygen atoms in total. The largest absolute Gasteiger partial charge is 0.491 e. The second-order valence-electron chi connectivity index (χ2n) is 7.10. The van der Waals surface area contributed by atoms with Crippen LogP contribution in [-0.2, 0) is 4.79 Å². The molecule has 3 aromatic carbocycles. The molecule has 4 rings (SSSR count). The van der Waals surface area contributed by atoms with E-state index in [0.717, 1.165) is 27.8 Å². The van der Waals surface area contributed by atoms with Crippen molar-refractivity contribution in [1.29, 1.82) is 0 Å². The van der Waals surface area contributed by atoms with Crippen LogP contribution in [0.3, 0.4) is 0 Å². The number of amides is 2. The fourth-order valence-electron chi connectivity index (χ4n) is 3.40. The number of hydrogen-bond donors (Lipinski definition) is 1. The molecule has 1 N–H and O–H groups in total. The summed E-state index contributed by atoms with van der Waals surface area (Å²) in [5.74, 6) is 0.248. The number of hydrazone groups is 1. The molecule has 29 heavy (non-hydrogen) atoms. The van der Waals surface area contributed by atoms with Crippen molar-refractivity contribution in [3.63, 3.8) is 0 Å². The Morgan fingerprint density at radius 3 is 2.55 bits per heavy atom. The van der Waals surface area contributed by atoms with Gasteiger partial charge in [0.1, 0.15) is 12.3 Å². The minimum Gasteiger partial charge on any atom is -0.491 e. The van der Waals surface area contributed by atoms with Crippen molar-refractivity contribution >= 4 is 34.5 Å². The van der Waals surface area contributed by atoms with Gasteiger partial charge in [0.25, 0.3) is 11.8 Å². The summed E-state index contributed by atoms with van der Waals surface area (Å²) in [6, 6.07) is 18.7. The number of nitrogens with one attached hydrogen (secondary N) is 1. The Bertz CT molecular complexity index is 1100. The molecule has 0 saturated carbocycles. The zero-order chi connectivity index (χ0) is 20.4. The monoisotopic (exact) mass is 387 g/mol. The number of hydrogen-bond acceptors (Lipinski definition) is 4. The molecule has 0 fully saturated rings. The van der Waals surface area contributed by atoms with Gasteiger partial charge in [-0.1, -0.05) is 24.3 Å². The maximum absolute atomic E-state index is 12.7. The van der Waals surface area contributed by atoms with Crippen molar-refractivity contribution in [2.24, 2.45) is 5.10 Å². The van der Waals surface area contributed by atoms with Crippen LogP contribution in [0.4, 0.5) is 5.69 Å². The number of carbonyl (C=O) groups is 2. The molecule has 1 aliphatic heterocycles. The van der Waals surface area contributed by atoms with E-state index in [-0.39, 0.29) is 24.5 Å². The van der Waals surface area contributed by atoms with Crippen molar-refractivity contribution in [3.05, 3.63) is 71.8 Å². The lowest BCUT2D eigenvalue weighted by Gasteiger charge is -2.16. The van der Waals surface area contributed by atoms with E-state index in [2.05, 4.69) is 10.5 Å². The minimum atomic E-state index is -0.362. The lowest BCUT2D eigenvalue weighted by molar-refractivity contribution is -0.119. The Labute approximate surface area is 168 Å². The van der Waals surface area contributed by atoms with E-state index in [1.807, 2.05) is 68.4 Å². The summed E-state index contributed by atoms with van der Waals surface area (Å²) in [5.41, 5.74) is 4.70. The number of carbonyl (C=O) groups excluding carboxylic acids is 2. The van der Waals surface area contributed by atoms with E-state index in [1.54, 1.807) is 12.3 Å². The Morgan fingerprint density at radius 1 is 1.10 bits per heavy atom. The number of nitrogens with zero attached hydrogens (tertiary/aromatic N) is 2. The van der Waals surface area contributed by atoms with Crippen molar-refractivity contribution in [3.8, 4) is 5.75 Å². The van der Waals surface area contributed by atoms with Crippen LogP contribution in [-0.4, -0.2) is 30.7 Å². The fraction of sp³-hybridized carbons (Fsp3) is 0.174. The van der Waals surface area contributed by atoms with Gasteiger partial charge in [-0.3, -0.25) is 14.5 Å². The summed E-state index contributed by atoms with van der Waals surface area (Å²) in [7, 11) is 0. The van der Waals surface area contributed by atoms with Gasteiger partial charge in [0, 0.05) is 10.9 Å². The van der Waals surface area contributed by atoms with Crippen LogP contribution in [0.25, 0.3) is 10.8 Å². The van der Waals surface area contributed by atoms with Gasteiger partial charge in [0.05, 0.1) is 18.0 Å². The molecule has 0 radical (unpaired) electrons. The SMILES string of the molecule is CC(C)Oc1ccc(/C=N\NC(=O)CN2C(=O)c3cccc4cccc2c34)cc1. The van der Waals surface area contributed by atoms with Gasteiger partial charge in [-0.25, -0.2) is 5.43 Å². The molecule has 0 spiro atoms. The second-order valence-corrected chi connectivity index (χ2v) is 7.10. The lowest BCUT2D eigenvalue weighted by Crippen LogP contribution is -2.37. The van der Waals surface area contributed by atoms with Gasteiger partial charge in [0.15, 0.2) is 0 Å². The number of anilines is 1. The van der Waals surface area contributed by atoms with Crippen LogP contribution in [0.1, 0.15) is 29.8 Å². The first-order chi connectivity index (χ1) is 14.0. The molecule has 0 aromatic heterocycles. The second kappa shape index (κ2) is 7.75. The van der Waals surface area contributed by atoms with Gasteiger partial charge < -0.3 is 4.74 Å². The molecule has 0 atom stereocenters. The molecule has 6 heteroatoms. The smallest absolute Gasteiger partial charge is 0.260 e. The lowest BCUT2D eigenvalue weighted by atomic mass is 10.1. The quantitative estimate of drug-likeness (QED) is 0.517. The van der Waals surface area contributed by atoms with E-state index in [9.17, 15) is 9.59 Å². The van der Waals surface area contributed by atoms with Crippen LogP contribution in [0.15, 0.2) is 65.8 Å². The van der Waals surface area contributed by atoms with Gasteiger partial charge in [-0.15, -0.1) is 0 Å². The molecule has 0 saturated heterocycles. The third-order valence-electron chi connectivity index (χ3n) is 4.61.